The van der Waals surface area contributed by atoms with Crippen LogP contribution in [0.5, 0.6) is 0 Å². The fraction of sp³-hybridized carbons (Fsp3) is 0.125. The van der Waals surface area contributed by atoms with E-state index in [0.29, 0.717) is 12.1 Å². The number of carbonyl (C=O) groups excluding carboxylic acids is 1. The van der Waals surface area contributed by atoms with Gasteiger partial charge in [-0.15, -0.1) is 0 Å². The lowest BCUT2D eigenvalue weighted by Gasteiger charge is -2.12. The second-order valence-corrected chi connectivity index (χ2v) is 7.46. The van der Waals surface area contributed by atoms with Crippen LogP contribution in [0.3, 0.4) is 0 Å². The van der Waals surface area contributed by atoms with Crippen molar-refractivity contribution in [1.29, 1.82) is 0 Å². The van der Waals surface area contributed by atoms with Crippen molar-refractivity contribution in [2.24, 2.45) is 0 Å². The Kier molecular flexibility index (Phi) is 4.82. The minimum atomic E-state index is 0.625. The lowest BCUT2D eigenvalue weighted by atomic mass is 10.1. The number of hydrogen-bond acceptors (Lipinski definition) is 5. The smallest absolute Gasteiger partial charge is 0.150 e. The Bertz CT molecular complexity index is 1380. The van der Waals surface area contributed by atoms with E-state index in [-0.39, 0.29) is 0 Å². The van der Waals surface area contributed by atoms with Gasteiger partial charge < -0.3 is 14.8 Å². The molecule has 0 atom stereocenters. The topological polar surface area (TPSA) is 86.9 Å². The van der Waals surface area contributed by atoms with Crippen molar-refractivity contribution in [2.45, 2.75) is 6.54 Å². The molecular formula is C24H21N5O2. The molecule has 5 rings (SSSR count). The van der Waals surface area contributed by atoms with Crippen molar-refractivity contribution < 1.29 is 9.63 Å². The molecule has 0 aliphatic heterocycles. The highest BCUT2D eigenvalue weighted by atomic mass is 16.7. The molecule has 154 valence electrons. The van der Waals surface area contributed by atoms with Gasteiger partial charge in [0.15, 0.2) is 0 Å². The average molecular weight is 411 g/mol. The summed E-state index contributed by atoms with van der Waals surface area (Å²) in [5.74, 6) is 1.58. The highest BCUT2D eigenvalue weighted by Gasteiger charge is 2.10. The first-order valence-corrected chi connectivity index (χ1v) is 9.92. The summed E-state index contributed by atoms with van der Waals surface area (Å²) < 4.78 is 0. The molecule has 5 aromatic rings. The molecule has 3 aromatic carbocycles. The molecule has 2 heterocycles. The number of benzene rings is 3. The summed E-state index contributed by atoms with van der Waals surface area (Å²) in [5.41, 5.74) is 7.32. The Morgan fingerprint density at radius 1 is 0.871 bits per heavy atom. The van der Waals surface area contributed by atoms with Gasteiger partial charge in [-0.2, -0.15) is 5.06 Å². The van der Waals surface area contributed by atoms with Gasteiger partial charge >= 0.3 is 0 Å². The first kappa shape index (κ1) is 19.2. The Morgan fingerprint density at radius 2 is 1.45 bits per heavy atom. The minimum absolute atomic E-state index is 0.625. The van der Waals surface area contributed by atoms with Crippen LogP contribution in [0.2, 0.25) is 0 Å². The number of nitrogens with one attached hydrogen (secondary N) is 2. The SMILES string of the molecule is CON(C)Cc1ccc2nc(-c3ccc(-c4nc5ccc(C=O)cc5[nH]4)cc3)[nH]c2c1. The monoisotopic (exact) mass is 411 g/mol. The Morgan fingerprint density at radius 3 is 2.03 bits per heavy atom. The van der Waals surface area contributed by atoms with E-state index in [1.54, 1.807) is 24.3 Å². The number of fused-ring (bicyclic) bond motifs is 2. The third kappa shape index (κ3) is 3.72. The van der Waals surface area contributed by atoms with Gasteiger partial charge in [0.1, 0.15) is 17.9 Å². The molecule has 0 spiro atoms. The summed E-state index contributed by atoms with van der Waals surface area (Å²) in [5, 5.41) is 1.77. The number of hydroxylamine groups is 2. The number of aldehydes is 1. The number of rotatable bonds is 6. The fourth-order valence-electron chi connectivity index (χ4n) is 3.64. The van der Waals surface area contributed by atoms with Gasteiger partial charge in [0.25, 0.3) is 0 Å². The summed E-state index contributed by atoms with van der Waals surface area (Å²) in [6.45, 7) is 0.696. The van der Waals surface area contributed by atoms with Crippen LogP contribution in [0.4, 0.5) is 0 Å². The highest BCUT2D eigenvalue weighted by Crippen LogP contribution is 2.26. The third-order valence-electron chi connectivity index (χ3n) is 5.34. The summed E-state index contributed by atoms with van der Waals surface area (Å²) in [6, 6.07) is 19.7. The normalized spacial score (nSPS) is 11.6. The van der Waals surface area contributed by atoms with Crippen molar-refractivity contribution >= 4 is 28.4 Å². The molecule has 31 heavy (non-hydrogen) atoms. The lowest BCUT2D eigenvalue weighted by Crippen LogP contribution is -2.15. The molecule has 2 aromatic heterocycles. The quantitative estimate of drug-likeness (QED) is 0.315. The van der Waals surface area contributed by atoms with E-state index in [4.69, 9.17) is 9.82 Å². The molecule has 2 N–H and O–H groups in total. The van der Waals surface area contributed by atoms with Crippen LogP contribution in [-0.4, -0.2) is 45.4 Å². The maximum absolute atomic E-state index is 11.0. The van der Waals surface area contributed by atoms with Gasteiger partial charge in [0, 0.05) is 30.3 Å². The number of nitrogens with zero attached hydrogens (tertiary/aromatic N) is 3. The maximum Gasteiger partial charge on any atom is 0.150 e. The first-order valence-electron chi connectivity index (χ1n) is 9.92. The molecule has 0 bridgehead atoms. The van der Waals surface area contributed by atoms with Gasteiger partial charge in [-0.05, 0) is 35.9 Å². The van der Waals surface area contributed by atoms with Gasteiger partial charge in [0.05, 0.1) is 29.2 Å². The zero-order chi connectivity index (χ0) is 21.4. The van der Waals surface area contributed by atoms with Crippen LogP contribution in [0.15, 0.2) is 60.7 Å². The number of aromatic nitrogens is 4. The van der Waals surface area contributed by atoms with Crippen molar-refractivity contribution in [3.05, 3.63) is 71.8 Å². The number of H-pyrrole nitrogens is 2. The molecule has 0 amide bonds. The second kappa shape index (κ2) is 7.79. The van der Waals surface area contributed by atoms with E-state index < -0.39 is 0 Å². The van der Waals surface area contributed by atoms with E-state index >= 15 is 0 Å². The van der Waals surface area contributed by atoms with E-state index in [1.165, 1.54) is 0 Å². The molecule has 0 unspecified atom stereocenters. The summed E-state index contributed by atoms with van der Waals surface area (Å²) in [4.78, 5) is 32.2. The number of imidazole rings is 2. The largest absolute Gasteiger partial charge is 0.338 e. The van der Waals surface area contributed by atoms with Gasteiger partial charge in [-0.25, -0.2) is 9.97 Å². The fourth-order valence-corrected chi connectivity index (χ4v) is 3.64. The summed E-state index contributed by atoms with van der Waals surface area (Å²) in [7, 11) is 3.55. The molecule has 0 aliphatic carbocycles. The van der Waals surface area contributed by atoms with Crippen molar-refractivity contribution in [3.8, 4) is 22.8 Å². The predicted octanol–water partition coefficient (Wildman–Crippen LogP) is 4.58. The Hall–Kier alpha value is -3.81. The standard InChI is InChI=1S/C24H21N5O2/c1-29(31-2)13-15-3-9-19-21(11-15)27-23(25-19)17-5-7-18(8-6-17)24-26-20-10-4-16(14-30)12-22(20)28-24/h3-12,14H,13H2,1-2H3,(H,25,27)(H,26,28). The second-order valence-electron chi connectivity index (χ2n) is 7.46. The number of aromatic amines is 2. The van der Waals surface area contributed by atoms with Crippen LogP contribution >= 0.6 is 0 Å². The van der Waals surface area contributed by atoms with E-state index in [9.17, 15) is 4.79 Å². The molecule has 0 radical (unpaired) electrons. The van der Waals surface area contributed by atoms with Crippen LogP contribution in [-0.2, 0) is 11.4 Å². The first-order chi connectivity index (χ1) is 15.1. The van der Waals surface area contributed by atoms with Crippen molar-refractivity contribution in [3.63, 3.8) is 0 Å². The zero-order valence-corrected chi connectivity index (χ0v) is 17.2. The molecule has 0 saturated carbocycles. The number of carbonyl (C=O) groups is 1. The minimum Gasteiger partial charge on any atom is -0.338 e. The summed E-state index contributed by atoms with van der Waals surface area (Å²) >= 11 is 0. The van der Waals surface area contributed by atoms with Gasteiger partial charge in [0.2, 0.25) is 0 Å². The zero-order valence-electron chi connectivity index (χ0n) is 17.2. The van der Waals surface area contributed by atoms with E-state index in [0.717, 1.165) is 56.7 Å². The molecule has 7 nitrogen and oxygen atoms in total. The average Bonchev–Trinajstić information content (AvgIpc) is 3.42. The molecule has 7 heteroatoms. The Balaban J connectivity index is 1.43. The summed E-state index contributed by atoms with van der Waals surface area (Å²) in [6.07, 6.45) is 0.834. The van der Waals surface area contributed by atoms with Gasteiger partial charge in [-0.1, -0.05) is 30.3 Å². The molecule has 0 aliphatic rings. The van der Waals surface area contributed by atoms with Crippen LogP contribution in [0, 0.1) is 0 Å². The van der Waals surface area contributed by atoms with Gasteiger partial charge in [-0.3, -0.25) is 4.79 Å². The highest BCUT2D eigenvalue weighted by molar-refractivity contribution is 5.87. The third-order valence-corrected chi connectivity index (χ3v) is 5.34. The van der Waals surface area contributed by atoms with E-state index in [2.05, 4.69) is 27.1 Å². The molecular weight excluding hydrogens is 390 g/mol. The van der Waals surface area contributed by atoms with Crippen LogP contribution < -0.4 is 0 Å². The number of hydrogen-bond donors (Lipinski definition) is 2. The lowest BCUT2D eigenvalue weighted by molar-refractivity contribution is -0.116. The molecule has 0 saturated heterocycles. The maximum atomic E-state index is 11.0. The Labute approximate surface area is 178 Å². The van der Waals surface area contributed by atoms with E-state index in [1.807, 2.05) is 43.4 Å². The van der Waals surface area contributed by atoms with Crippen LogP contribution in [0.1, 0.15) is 15.9 Å². The van der Waals surface area contributed by atoms with Crippen LogP contribution in [0.25, 0.3) is 44.8 Å². The van der Waals surface area contributed by atoms with Crippen molar-refractivity contribution in [1.82, 2.24) is 25.0 Å². The molecule has 0 fully saturated rings. The van der Waals surface area contributed by atoms with Crippen molar-refractivity contribution in [2.75, 3.05) is 14.2 Å². The predicted molar refractivity (Wildman–Crippen MR) is 120 cm³/mol.